The summed E-state index contributed by atoms with van der Waals surface area (Å²) in [5.74, 6) is -0.685. The second-order valence-corrected chi connectivity index (χ2v) is 14.2. The topological polar surface area (TPSA) is 141 Å². The van der Waals surface area contributed by atoms with Gasteiger partial charge in [-0.15, -0.1) is 0 Å². The fraction of sp³-hybridized carbons (Fsp3) is 0.349. The molecule has 0 unspecified atom stereocenters. The van der Waals surface area contributed by atoms with E-state index in [0.717, 1.165) is 33.4 Å². The van der Waals surface area contributed by atoms with Gasteiger partial charge in [-0.3, -0.25) is 4.79 Å². The number of rotatable bonds is 16. The fourth-order valence-corrected chi connectivity index (χ4v) is 6.38. The maximum absolute atomic E-state index is 13.8. The first kappa shape index (κ1) is 39.4. The maximum atomic E-state index is 13.8. The summed E-state index contributed by atoms with van der Waals surface area (Å²) in [4.78, 5) is 52.1. The number of esters is 1. The van der Waals surface area contributed by atoms with Gasteiger partial charge in [0.2, 0.25) is 5.91 Å². The molecule has 0 spiro atoms. The van der Waals surface area contributed by atoms with Crippen molar-refractivity contribution in [3.8, 4) is 16.9 Å². The molecule has 2 atom stereocenters. The van der Waals surface area contributed by atoms with E-state index in [1.165, 1.54) is 7.11 Å². The molecule has 0 bridgehead atoms. The number of benzene rings is 4. The fourth-order valence-electron chi connectivity index (χ4n) is 6.38. The lowest BCUT2D eigenvalue weighted by molar-refractivity contribution is -0.145. The van der Waals surface area contributed by atoms with Crippen LogP contribution in [0.15, 0.2) is 103 Å². The Morgan fingerprint density at radius 1 is 0.685 bits per heavy atom. The Hall–Kier alpha value is -5.84. The number of methoxy groups -OCH3 is 1. The second kappa shape index (κ2) is 18.8. The molecular formula is C43H49N3O8. The van der Waals surface area contributed by atoms with Crippen LogP contribution in [0.3, 0.4) is 0 Å². The Labute approximate surface area is 316 Å². The van der Waals surface area contributed by atoms with Gasteiger partial charge in [0.25, 0.3) is 0 Å². The molecule has 5 rings (SSSR count). The van der Waals surface area contributed by atoms with Crippen LogP contribution in [0, 0.1) is 0 Å². The Morgan fingerprint density at radius 2 is 1.31 bits per heavy atom. The Morgan fingerprint density at radius 3 is 1.94 bits per heavy atom. The van der Waals surface area contributed by atoms with E-state index in [9.17, 15) is 19.2 Å². The maximum Gasteiger partial charge on any atom is 0.407 e. The third-order valence-corrected chi connectivity index (χ3v) is 8.94. The number of carbonyl (C=O) groups excluding carboxylic acids is 4. The summed E-state index contributed by atoms with van der Waals surface area (Å²) in [5.41, 5.74) is 5.59. The Bertz CT molecular complexity index is 1830. The molecule has 3 N–H and O–H groups in total. The zero-order valence-corrected chi connectivity index (χ0v) is 31.3. The van der Waals surface area contributed by atoms with E-state index < -0.39 is 36.1 Å². The minimum absolute atomic E-state index is 0.0751. The van der Waals surface area contributed by atoms with Crippen molar-refractivity contribution in [2.24, 2.45) is 0 Å². The molecule has 11 heteroatoms. The number of fused-ring (bicyclic) bond motifs is 3. The molecule has 4 aromatic carbocycles. The van der Waals surface area contributed by atoms with Crippen molar-refractivity contribution in [2.75, 3.05) is 20.3 Å². The van der Waals surface area contributed by atoms with Gasteiger partial charge in [0.15, 0.2) is 0 Å². The van der Waals surface area contributed by atoms with Gasteiger partial charge in [-0.2, -0.15) is 0 Å². The summed E-state index contributed by atoms with van der Waals surface area (Å²) in [6.07, 6.45) is 0.0681. The van der Waals surface area contributed by atoms with Crippen LogP contribution in [-0.2, 0) is 36.8 Å². The number of unbranched alkanes of at least 4 members (excludes halogenated alkanes) is 1. The first-order valence-electron chi connectivity index (χ1n) is 18.2. The van der Waals surface area contributed by atoms with Crippen molar-refractivity contribution in [1.82, 2.24) is 16.0 Å². The van der Waals surface area contributed by atoms with E-state index in [2.05, 4.69) is 28.1 Å². The molecule has 1 aliphatic rings. The number of alkyl carbamates (subject to hydrolysis) is 2. The second-order valence-electron chi connectivity index (χ2n) is 14.2. The Kier molecular flexibility index (Phi) is 13.7. The molecule has 4 aromatic rings. The highest BCUT2D eigenvalue weighted by molar-refractivity contribution is 5.90. The highest BCUT2D eigenvalue weighted by Crippen LogP contribution is 2.44. The number of ether oxygens (including phenoxy) is 4. The predicted octanol–water partition coefficient (Wildman–Crippen LogP) is 7.07. The molecular weight excluding hydrogens is 686 g/mol. The van der Waals surface area contributed by atoms with E-state index in [-0.39, 0.29) is 37.6 Å². The summed E-state index contributed by atoms with van der Waals surface area (Å²) in [6.45, 7) is 6.41. The molecule has 11 nitrogen and oxygen atoms in total. The molecule has 0 saturated carbocycles. The predicted molar refractivity (Wildman–Crippen MR) is 205 cm³/mol. The number of nitrogens with one attached hydrogen (secondary N) is 3. The van der Waals surface area contributed by atoms with Crippen molar-refractivity contribution in [3.63, 3.8) is 0 Å². The van der Waals surface area contributed by atoms with E-state index in [0.29, 0.717) is 25.1 Å². The van der Waals surface area contributed by atoms with Gasteiger partial charge in [0.05, 0.1) is 7.11 Å². The van der Waals surface area contributed by atoms with Gasteiger partial charge in [-0.1, -0.05) is 91.0 Å². The minimum Gasteiger partial charge on any atom is -0.488 e. The van der Waals surface area contributed by atoms with Crippen LogP contribution in [-0.4, -0.2) is 62.0 Å². The third kappa shape index (κ3) is 11.3. The van der Waals surface area contributed by atoms with Crippen molar-refractivity contribution in [2.45, 2.75) is 76.7 Å². The van der Waals surface area contributed by atoms with Gasteiger partial charge < -0.3 is 34.9 Å². The van der Waals surface area contributed by atoms with Gasteiger partial charge in [0.1, 0.15) is 36.6 Å². The van der Waals surface area contributed by atoms with Crippen molar-refractivity contribution >= 4 is 24.1 Å². The molecule has 284 valence electrons. The number of hydrogen-bond donors (Lipinski definition) is 3. The normalized spacial score (nSPS) is 13.0. The largest absolute Gasteiger partial charge is 0.488 e. The molecule has 1 aliphatic carbocycles. The van der Waals surface area contributed by atoms with E-state index in [1.807, 2.05) is 112 Å². The highest BCUT2D eigenvalue weighted by Gasteiger charge is 2.31. The van der Waals surface area contributed by atoms with Crippen LogP contribution in [0.2, 0.25) is 0 Å². The first-order valence-corrected chi connectivity index (χ1v) is 18.2. The average Bonchev–Trinajstić information content (AvgIpc) is 3.49. The van der Waals surface area contributed by atoms with E-state index in [1.54, 1.807) is 0 Å². The molecule has 0 aromatic heterocycles. The average molecular weight is 736 g/mol. The van der Waals surface area contributed by atoms with Gasteiger partial charge in [0, 0.05) is 18.9 Å². The monoisotopic (exact) mass is 735 g/mol. The van der Waals surface area contributed by atoms with E-state index in [4.69, 9.17) is 18.9 Å². The van der Waals surface area contributed by atoms with Crippen molar-refractivity contribution < 1.29 is 38.1 Å². The Balaban J connectivity index is 1.20. The molecule has 0 aliphatic heterocycles. The van der Waals surface area contributed by atoms with Gasteiger partial charge in [-0.05, 0) is 85.5 Å². The summed E-state index contributed by atoms with van der Waals surface area (Å²) >= 11 is 0. The summed E-state index contributed by atoms with van der Waals surface area (Å²) in [7, 11) is 1.25. The number of hydrogen-bond acceptors (Lipinski definition) is 8. The first-order chi connectivity index (χ1) is 26.0. The minimum atomic E-state index is -1.08. The third-order valence-electron chi connectivity index (χ3n) is 8.94. The zero-order valence-electron chi connectivity index (χ0n) is 31.3. The van der Waals surface area contributed by atoms with Crippen LogP contribution in [0.5, 0.6) is 5.75 Å². The van der Waals surface area contributed by atoms with Gasteiger partial charge in [-0.25, -0.2) is 14.4 Å². The van der Waals surface area contributed by atoms with Crippen LogP contribution in [0.4, 0.5) is 9.59 Å². The SMILES string of the molecule is COC(=O)[C@H](CCCCNC(=O)OCc1ccccc1)NC(=O)[C@H](Cc1ccc(OC(C)(C)C)cc1)NC(=O)OCC1c2ccccc2-c2ccccc21. The van der Waals surface area contributed by atoms with Crippen LogP contribution >= 0.6 is 0 Å². The van der Waals surface area contributed by atoms with E-state index >= 15 is 0 Å². The standard InChI is InChI=1S/C43H49N3O8/c1-43(2,3)54-31-23-21-29(22-24-31)26-38(46-42(50)53-28-36-34-18-10-8-16-32(34)33-17-9-11-19-35(33)36)39(47)45-37(40(48)51-4)20-12-13-25-44-41(49)52-27-30-14-6-5-7-15-30/h5-11,14-19,21-24,36-38H,12-13,20,25-28H2,1-4H3,(H,44,49)(H,45,47)(H,46,50)/t37-,38-/m0/s1. The smallest absolute Gasteiger partial charge is 0.407 e. The molecule has 0 radical (unpaired) electrons. The zero-order chi connectivity index (χ0) is 38.5. The van der Waals surface area contributed by atoms with Crippen LogP contribution in [0.1, 0.15) is 68.2 Å². The number of carbonyl (C=O) groups is 4. The van der Waals surface area contributed by atoms with Crippen LogP contribution < -0.4 is 20.7 Å². The molecule has 0 saturated heterocycles. The van der Waals surface area contributed by atoms with Gasteiger partial charge >= 0.3 is 18.2 Å². The summed E-state index contributed by atoms with van der Waals surface area (Å²) < 4.78 is 22.0. The molecule has 3 amide bonds. The summed E-state index contributed by atoms with van der Waals surface area (Å²) in [6, 6.07) is 30.7. The highest BCUT2D eigenvalue weighted by atomic mass is 16.6. The van der Waals surface area contributed by atoms with Crippen molar-refractivity contribution in [1.29, 1.82) is 0 Å². The quantitative estimate of drug-likeness (QED) is 0.0631. The lowest BCUT2D eigenvalue weighted by Crippen LogP contribution is -2.52. The molecule has 54 heavy (non-hydrogen) atoms. The van der Waals surface area contributed by atoms with Crippen LogP contribution in [0.25, 0.3) is 11.1 Å². The molecule has 0 heterocycles. The summed E-state index contributed by atoms with van der Waals surface area (Å²) in [5, 5.41) is 8.23. The lowest BCUT2D eigenvalue weighted by atomic mass is 9.98. The van der Waals surface area contributed by atoms with Crippen molar-refractivity contribution in [3.05, 3.63) is 125 Å². The lowest BCUT2D eigenvalue weighted by Gasteiger charge is -2.23. The number of amides is 3. The molecule has 0 fully saturated rings.